The van der Waals surface area contributed by atoms with Crippen molar-refractivity contribution in [1.82, 2.24) is 0 Å². The minimum Gasteiger partial charge on any atom is -0.270 e. The van der Waals surface area contributed by atoms with E-state index in [-0.39, 0.29) is 10.1 Å². The lowest BCUT2D eigenvalue weighted by Gasteiger charge is -2.37. The van der Waals surface area contributed by atoms with Crippen molar-refractivity contribution in [2.24, 2.45) is 4.99 Å². The van der Waals surface area contributed by atoms with E-state index in [1.165, 1.54) is 6.21 Å². The maximum absolute atomic E-state index is 6.03. The number of allylic oxidation sites excluding steroid dienone is 1. The number of dihydropyridines is 1. The number of hydrogen-bond donors (Lipinski definition) is 0. The Morgan fingerprint density at radius 1 is 1.29 bits per heavy atom. The average molecular weight is 336 g/mol. The quantitative estimate of drug-likeness (QED) is 0.450. The maximum Gasteiger partial charge on any atom is 0.217 e. The fourth-order valence-electron chi connectivity index (χ4n) is 0.828. The van der Waals surface area contributed by atoms with Crippen molar-refractivity contribution in [3.63, 3.8) is 0 Å². The molecule has 1 nitrogen and oxygen atoms in total. The summed E-state index contributed by atoms with van der Waals surface area (Å²) in [6, 6.07) is 0. The van der Waals surface area contributed by atoms with Crippen LogP contribution in [0, 0.1) is 0 Å². The third-order valence-electron chi connectivity index (χ3n) is 1.59. The molecule has 0 aromatic carbocycles. The van der Waals surface area contributed by atoms with Crippen LogP contribution >= 0.6 is 81.2 Å². The molecule has 0 saturated carbocycles. The Balaban J connectivity index is 3.27. The fraction of sp³-hybridized carbons (Fsp3) is 0.500. The lowest BCUT2D eigenvalue weighted by Crippen LogP contribution is -2.47. The van der Waals surface area contributed by atoms with Gasteiger partial charge in [-0.2, -0.15) is 0 Å². The predicted molar refractivity (Wildman–Crippen MR) is 65.7 cm³/mol. The minimum absolute atomic E-state index is 0.0316. The number of alkyl halides is 5. The summed E-state index contributed by atoms with van der Waals surface area (Å²) in [5, 5.41) is 0.0701. The molecule has 0 fully saturated rings. The smallest absolute Gasteiger partial charge is 0.217 e. The molecule has 0 saturated heterocycles. The van der Waals surface area contributed by atoms with E-state index in [4.69, 9.17) is 81.2 Å². The maximum atomic E-state index is 6.03. The first-order chi connectivity index (χ1) is 6.21. The summed E-state index contributed by atoms with van der Waals surface area (Å²) in [5.74, 6) is 0. The SMILES string of the molecule is ClC1=C(Cl)C(Cl)(C(Cl)(Cl)Cl)C(Cl)N=C1. The normalized spacial score (nSPS) is 33.8. The van der Waals surface area contributed by atoms with Crippen molar-refractivity contribution in [3.05, 3.63) is 10.1 Å². The lowest BCUT2D eigenvalue weighted by molar-refractivity contribution is 0.659. The molecule has 0 radical (unpaired) electrons. The average Bonchev–Trinajstić information content (AvgIpc) is 2.06. The van der Waals surface area contributed by atoms with Gasteiger partial charge in [0.2, 0.25) is 3.79 Å². The van der Waals surface area contributed by atoms with Crippen molar-refractivity contribution in [2.45, 2.75) is 14.2 Å². The van der Waals surface area contributed by atoms with Crippen molar-refractivity contribution in [3.8, 4) is 0 Å². The molecule has 80 valence electrons. The van der Waals surface area contributed by atoms with E-state index in [9.17, 15) is 0 Å². The molecule has 14 heavy (non-hydrogen) atoms. The topological polar surface area (TPSA) is 12.4 Å². The zero-order chi connectivity index (χ0) is 11.1. The lowest BCUT2D eigenvalue weighted by atomic mass is 10.1. The second kappa shape index (κ2) is 4.37. The van der Waals surface area contributed by atoms with E-state index in [2.05, 4.69) is 4.99 Å². The Labute approximate surface area is 116 Å². The Bertz CT molecular complexity index is 304. The summed E-state index contributed by atoms with van der Waals surface area (Å²) >= 11 is 40.4. The monoisotopic (exact) mass is 333 g/mol. The van der Waals surface area contributed by atoms with Gasteiger partial charge in [0, 0.05) is 6.21 Å². The third-order valence-corrected chi connectivity index (χ3v) is 4.99. The molecule has 8 heteroatoms. The molecule has 0 aromatic rings. The van der Waals surface area contributed by atoms with Gasteiger partial charge in [-0.1, -0.05) is 69.6 Å². The van der Waals surface area contributed by atoms with Crippen LogP contribution in [0.5, 0.6) is 0 Å². The number of nitrogens with zero attached hydrogens (tertiary/aromatic N) is 1. The molecule has 0 bridgehead atoms. The Hall–Kier alpha value is 1.44. The van der Waals surface area contributed by atoms with Crippen LogP contribution in [0.1, 0.15) is 0 Å². The molecule has 1 heterocycles. The highest BCUT2D eigenvalue weighted by Gasteiger charge is 2.57. The zero-order valence-electron chi connectivity index (χ0n) is 6.25. The molecule has 0 spiro atoms. The van der Waals surface area contributed by atoms with E-state index in [0.29, 0.717) is 0 Å². The van der Waals surface area contributed by atoms with E-state index in [0.717, 1.165) is 0 Å². The molecule has 0 aliphatic carbocycles. The van der Waals surface area contributed by atoms with Crippen molar-refractivity contribution >= 4 is 87.4 Å². The van der Waals surface area contributed by atoms with Crippen LogP contribution in [-0.4, -0.2) is 20.4 Å². The molecular formula is C6H2Cl7N. The van der Waals surface area contributed by atoms with E-state index in [1.54, 1.807) is 0 Å². The first kappa shape index (κ1) is 13.5. The van der Waals surface area contributed by atoms with Gasteiger partial charge in [-0.25, -0.2) is 0 Å². The van der Waals surface area contributed by atoms with Gasteiger partial charge in [0.25, 0.3) is 0 Å². The van der Waals surface area contributed by atoms with Gasteiger partial charge >= 0.3 is 0 Å². The first-order valence-corrected chi connectivity index (χ1v) is 5.90. The van der Waals surface area contributed by atoms with E-state index in [1.807, 2.05) is 0 Å². The van der Waals surface area contributed by atoms with Gasteiger partial charge in [0.15, 0.2) is 10.4 Å². The molecule has 0 amide bonds. The summed E-state index contributed by atoms with van der Waals surface area (Å²) in [6.07, 6.45) is 1.26. The number of rotatable bonds is 0. The molecule has 1 rings (SSSR count). The second-order valence-corrected chi connectivity index (χ2v) is 6.56. The molecule has 2 unspecified atom stereocenters. The van der Waals surface area contributed by atoms with Crippen molar-refractivity contribution in [2.75, 3.05) is 0 Å². The fourth-order valence-corrected chi connectivity index (χ4v) is 2.83. The van der Waals surface area contributed by atoms with Gasteiger partial charge in [-0.3, -0.25) is 4.99 Å². The van der Waals surface area contributed by atoms with Gasteiger partial charge < -0.3 is 0 Å². The van der Waals surface area contributed by atoms with Crippen molar-refractivity contribution in [1.29, 1.82) is 0 Å². The van der Waals surface area contributed by atoms with Crippen LogP contribution in [0.25, 0.3) is 0 Å². The largest absolute Gasteiger partial charge is 0.270 e. The van der Waals surface area contributed by atoms with Crippen molar-refractivity contribution < 1.29 is 0 Å². The van der Waals surface area contributed by atoms with Gasteiger partial charge in [-0.05, 0) is 0 Å². The van der Waals surface area contributed by atoms with Gasteiger partial charge in [-0.15, -0.1) is 11.6 Å². The second-order valence-electron chi connectivity index (χ2n) is 2.49. The Kier molecular flexibility index (Phi) is 4.21. The Morgan fingerprint density at radius 3 is 2.14 bits per heavy atom. The summed E-state index contributed by atoms with van der Waals surface area (Å²) in [7, 11) is 0. The van der Waals surface area contributed by atoms with E-state index < -0.39 is 14.2 Å². The number of hydrogen-bond acceptors (Lipinski definition) is 1. The standard InChI is InChI=1S/C6H2Cl7N/c7-2-1-14-4(9)5(10,3(2)8)6(11,12)13/h1,4H. The highest BCUT2D eigenvalue weighted by Crippen LogP contribution is 2.54. The summed E-state index contributed by atoms with van der Waals surface area (Å²) in [6.45, 7) is 0. The summed E-state index contributed by atoms with van der Waals surface area (Å²) in [5.41, 5.74) is -0.994. The highest BCUT2D eigenvalue weighted by molar-refractivity contribution is 6.73. The van der Waals surface area contributed by atoms with Crippen LogP contribution in [0.3, 0.4) is 0 Å². The van der Waals surface area contributed by atoms with Crippen LogP contribution in [-0.2, 0) is 0 Å². The molecular weight excluding hydrogens is 334 g/mol. The molecule has 1 aliphatic rings. The molecule has 0 N–H and O–H groups in total. The molecule has 0 aromatic heterocycles. The predicted octanol–water partition coefficient (Wildman–Crippen LogP) is 4.67. The molecule has 1 aliphatic heterocycles. The van der Waals surface area contributed by atoms with Crippen LogP contribution in [0.2, 0.25) is 0 Å². The first-order valence-electron chi connectivity index (χ1n) is 3.20. The van der Waals surface area contributed by atoms with Crippen LogP contribution in [0.15, 0.2) is 15.1 Å². The third kappa shape index (κ3) is 2.10. The number of halogens is 7. The van der Waals surface area contributed by atoms with Gasteiger partial charge in [0.1, 0.15) is 0 Å². The summed E-state index contributed by atoms with van der Waals surface area (Å²) in [4.78, 5) is 2.12. The van der Waals surface area contributed by atoms with Crippen LogP contribution < -0.4 is 0 Å². The molecule has 2 atom stereocenters. The van der Waals surface area contributed by atoms with E-state index >= 15 is 0 Å². The zero-order valence-corrected chi connectivity index (χ0v) is 11.5. The summed E-state index contributed by atoms with van der Waals surface area (Å²) < 4.78 is -1.91. The van der Waals surface area contributed by atoms with Crippen LogP contribution in [0.4, 0.5) is 0 Å². The minimum atomic E-state index is -1.91. The van der Waals surface area contributed by atoms with Gasteiger partial charge in [0.05, 0.1) is 10.1 Å². The highest BCUT2D eigenvalue weighted by atomic mass is 35.6. The number of aliphatic imine (C=N–C) groups is 1. The Morgan fingerprint density at radius 2 is 1.79 bits per heavy atom.